The first kappa shape index (κ1) is 20.5. The highest BCUT2D eigenvalue weighted by molar-refractivity contribution is 5.68. The first-order valence-electron chi connectivity index (χ1n) is 9.18. The highest BCUT2D eigenvalue weighted by Gasteiger charge is 2.38. The summed E-state index contributed by atoms with van der Waals surface area (Å²) < 4.78 is 22.7. The number of ether oxygens (including phenoxy) is 4. The Hall–Kier alpha value is -1.79. The molecule has 0 saturated heterocycles. The molecule has 0 aliphatic heterocycles. The van der Waals surface area contributed by atoms with Crippen LogP contribution in [0.1, 0.15) is 51.5 Å². The number of benzene rings is 1. The molecule has 1 aromatic carbocycles. The van der Waals surface area contributed by atoms with Crippen LogP contribution in [0, 0.1) is 5.41 Å². The Morgan fingerprint density at radius 1 is 1.19 bits per heavy atom. The number of hydrogen-bond acceptors (Lipinski definition) is 5. The van der Waals surface area contributed by atoms with Crippen LogP contribution in [0.2, 0.25) is 0 Å². The van der Waals surface area contributed by atoms with Gasteiger partial charge in [0.05, 0.1) is 20.1 Å². The average Bonchev–Trinajstić information content (AvgIpc) is 3.35. The molecule has 1 aliphatic carbocycles. The van der Waals surface area contributed by atoms with Crippen LogP contribution in [0.4, 0.5) is 0 Å². The zero-order valence-corrected chi connectivity index (χ0v) is 16.1. The van der Waals surface area contributed by atoms with Gasteiger partial charge in [-0.05, 0) is 44.4 Å². The van der Waals surface area contributed by atoms with E-state index in [-0.39, 0.29) is 11.8 Å². The van der Waals surface area contributed by atoms with E-state index in [0.717, 1.165) is 18.4 Å². The minimum absolute atomic E-state index is 0.0891. The number of rotatable bonds is 12. The third-order valence-corrected chi connectivity index (χ3v) is 4.68. The zero-order chi connectivity index (χ0) is 19.2. The van der Waals surface area contributed by atoms with Gasteiger partial charge in [-0.2, -0.15) is 0 Å². The van der Waals surface area contributed by atoms with Gasteiger partial charge in [-0.3, -0.25) is 4.79 Å². The van der Waals surface area contributed by atoms with Gasteiger partial charge in [0.1, 0.15) is 0 Å². The maximum Gasteiger partial charge on any atom is 0.304 e. The highest BCUT2D eigenvalue weighted by Crippen LogP contribution is 2.46. The average molecular weight is 366 g/mol. The van der Waals surface area contributed by atoms with Crippen LogP contribution >= 0.6 is 0 Å². The fourth-order valence-electron chi connectivity index (χ4n) is 2.81. The topological polar surface area (TPSA) is 74.2 Å². The molecule has 1 atom stereocenters. The van der Waals surface area contributed by atoms with Crippen LogP contribution in [0.5, 0.6) is 11.5 Å². The van der Waals surface area contributed by atoms with E-state index in [1.165, 1.54) is 0 Å². The summed E-state index contributed by atoms with van der Waals surface area (Å²) in [6.45, 7) is 7.43. The summed E-state index contributed by atoms with van der Waals surface area (Å²) in [6.07, 6.45) is 1.61. The summed E-state index contributed by atoms with van der Waals surface area (Å²) in [5, 5.41) is 9.35. The lowest BCUT2D eigenvalue weighted by molar-refractivity contribution is -0.160. The second kappa shape index (κ2) is 9.24. The number of aliphatic carboxylic acids is 1. The molecule has 0 bridgehead atoms. The van der Waals surface area contributed by atoms with Gasteiger partial charge < -0.3 is 24.1 Å². The van der Waals surface area contributed by atoms with Crippen molar-refractivity contribution in [1.29, 1.82) is 0 Å². The van der Waals surface area contributed by atoms with Crippen LogP contribution in [0.3, 0.4) is 0 Å². The van der Waals surface area contributed by atoms with E-state index in [4.69, 9.17) is 18.9 Å². The Morgan fingerprint density at radius 2 is 1.85 bits per heavy atom. The van der Waals surface area contributed by atoms with Crippen molar-refractivity contribution in [3.63, 3.8) is 0 Å². The molecule has 1 saturated carbocycles. The van der Waals surface area contributed by atoms with Gasteiger partial charge in [-0.15, -0.1) is 0 Å². The van der Waals surface area contributed by atoms with Crippen molar-refractivity contribution < 1.29 is 28.8 Å². The number of carboxylic acid groups (broad SMARTS) is 1. The molecule has 0 heterocycles. The maximum absolute atomic E-state index is 11.4. The lowest BCUT2D eigenvalue weighted by Crippen LogP contribution is -2.28. The fraction of sp³-hybridized carbons (Fsp3) is 0.650. The molecule has 6 nitrogen and oxygen atoms in total. The van der Waals surface area contributed by atoms with E-state index in [1.54, 1.807) is 7.11 Å². The number of methoxy groups -OCH3 is 1. The van der Waals surface area contributed by atoms with Crippen LogP contribution in [-0.4, -0.2) is 44.3 Å². The molecule has 1 aliphatic rings. The molecule has 0 radical (unpaired) electrons. The molecule has 1 fully saturated rings. The second-order valence-corrected chi connectivity index (χ2v) is 6.99. The van der Waals surface area contributed by atoms with Gasteiger partial charge in [0.15, 0.2) is 17.8 Å². The lowest BCUT2D eigenvalue weighted by Gasteiger charge is -2.26. The summed E-state index contributed by atoms with van der Waals surface area (Å²) in [5.41, 5.74) is 1.04. The van der Waals surface area contributed by atoms with E-state index in [1.807, 2.05) is 32.0 Å². The Kier molecular flexibility index (Phi) is 7.29. The molecule has 1 N–H and O–H groups in total. The van der Waals surface area contributed by atoms with E-state index in [2.05, 4.69) is 6.92 Å². The van der Waals surface area contributed by atoms with Crippen molar-refractivity contribution in [1.82, 2.24) is 0 Å². The molecule has 6 heteroatoms. The lowest BCUT2D eigenvalue weighted by atomic mass is 9.94. The van der Waals surface area contributed by atoms with Gasteiger partial charge in [0.25, 0.3) is 0 Å². The third-order valence-electron chi connectivity index (χ3n) is 4.68. The summed E-state index contributed by atoms with van der Waals surface area (Å²) in [5.74, 6) is -0.0722. The molecular formula is C20H30O6. The van der Waals surface area contributed by atoms with Crippen LogP contribution in [0.25, 0.3) is 0 Å². The van der Waals surface area contributed by atoms with E-state index < -0.39 is 18.2 Å². The first-order chi connectivity index (χ1) is 12.4. The Morgan fingerprint density at radius 3 is 2.35 bits per heavy atom. The molecular weight excluding hydrogens is 336 g/mol. The van der Waals surface area contributed by atoms with E-state index >= 15 is 0 Å². The van der Waals surface area contributed by atoms with Gasteiger partial charge in [-0.25, -0.2) is 0 Å². The van der Waals surface area contributed by atoms with E-state index in [9.17, 15) is 9.90 Å². The quantitative estimate of drug-likeness (QED) is 0.567. The summed E-state index contributed by atoms with van der Waals surface area (Å²) >= 11 is 0. The minimum atomic E-state index is -0.900. The first-order valence-corrected chi connectivity index (χ1v) is 9.18. The SMILES string of the molecule is CCOC(OCC)C(CC(=O)O)c1ccc(OC)c(OCC2(C)CC2)c1. The van der Waals surface area contributed by atoms with Crippen molar-refractivity contribution in [3.8, 4) is 11.5 Å². The predicted octanol–water partition coefficient (Wildman–Crippen LogP) is 3.83. The fourth-order valence-corrected chi connectivity index (χ4v) is 2.81. The van der Waals surface area contributed by atoms with Gasteiger partial charge in [0.2, 0.25) is 0 Å². The third kappa shape index (κ3) is 5.61. The van der Waals surface area contributed by atoms with Crippen molar-refractivity contribution in [3.05, 3.63) is 23.8 Å². The summed E-state index contributed by atoms with van der Waals surface area (Å²) in [4.78, 5) is 11.4. The normalized spacial score (nSPS) is 16.3. The molecule has 146 valence electrons. The van der Waals surface area contributed by atoms with Crippen molar-refractivity contribution in [2.75, 3.05) is 26.9 Å². The largest absolute Gasteiger partial charge is 0.493 e. The maximum atomic E-state index is 11.4. The molecule has 1 aromatic rings. The standard InChI is InChI=1S/C20H30O6/c1-5-24-19(25-6-2)15(12-18(21)22)14-7-8-16(23-4)17(11-14)26-13-20(3)9-10-20/h7-8,11,15,19H,5-6,9-10,12-13H2,1-4H3,(H,21,22). The Labute approximate surface area is 155 Å². The monoisotopic (exact) mass is 366 g/mol. The number of hydrogen-bond donors (Lipinski definition) is 1. The zero-order valence-electron chi connectivity index (χ0n) is 16.1. The van der Waals surface area contributed by atoms with Gasteiger partial charge in [0, 0.05) is 24.5 Å². The highest BCUT2D eigenvalue weighted by atomic mass is 16.7. The van der Waals surface area contributed by atoms with Gasteiger partial charge in [-0.1, -0.05) is 13.0 Å². The Balaban J connectivity index is 2.28. The van der Waals surface area contributed by atoms with Crippen LogP contribution in [-0.2, 0) is 14.3 Å². The molecule has 26 heavy (non-hydrogen) atoms. The molecule has 1 unspecified atom stereocenters. The Bertz CT molecular complexity index is 590. The van der Waals surface area contributed by atoms with Crippen molar-refractivity contribution >= 4 is 5.97 Å². The van der Waals surface area contributed by atoms with Crippen LogP contribution in [0.15, 0.2) is 18.2 Å². The summed E-state index contributed by atoms with van der Waals surface area (Å²) in [7, 11) is 1.60. The molecule has 0 amide bonds. The van der Waals surface area contributed by atoms with Gasteiger partial charge >= 0.3 is 5.97 Å². The predicted molar refractivity (Wildman–Crippen MR) is 97.9 cm³/mol. The van der Waals surface area contributed by atoms with Crippen LogP contribution < -0.4 is 9.47 Å². The van der Waals surface area contributed by atoms with Crippen molar-refractivity contribution in [2.45, 2.75) is 52.2 Å². The minimum Gasteiger partial charge on any atom is -0.493 e. The molecule has 0 aromatic heterocycles. The van der Waals surface area contributed by atoms with Crippen molar-refractivity contribution in [2.24, 2.45) is 5.41 Å². The smallest absolute Gasteiger partial charge is 0.304 e. The number of carbonyl (C=O) groups is 1. The summed E-state index contributed by atoms with van der Waals surface area (Å²) in [6, 6.07) is 5.51. The molecule has 0 spiro atoms. The molecule has 2 rings (SSSR count). The van der Waals surface area contributed by atoms with E-state index in [0.29, 0.717) is 31.3 Å². The second-order valence-electron chi connectivity index (χ2n) is 6.99. The number of carboxylic acids is 1.